The number of hydrogen-bond acceptors (Lipinski definition) is 0. The van der Waals surface area contributed by atoms with Crippen LogP contribution in [0.15, 0.2) is 46.6 Å². The third kappa shape index (κ3) is 2.37. The molecular weight excluding hydrogens is 355 g/mol. The average molecular weight is 388 g/mol. The second kappa shape index (κ2) is 5.62. The second-order valence-corrected chi connectivity index (χ2v) is 27.1. The van der Waals surface area contributed by atoms with E-state index in [4.69, 9.17) is 0 Å². The van der Waals surface area contributed by atoms with Crippen LogP contribution in [0.4, 0.5) is 0 Å². The third-order valence-electron chi connectivity index (χ3n) is 7.71. The van der Waals surface area contributed by atoms with Crippen molar-refractivity contribution in [1.82, 2.24) is 0 Å². The van der Waals surface area contributed by atoms with Crippen LogP contribution in [-0.2, 0) is 18.3 Å². The predicted molar refractivity (Wildman–Crippen MR) is 100 cm³/mol. The molecule has 124 valence electrons. The fourth-order valence-electron chi connectivity index (χ4n) is 5.91. The second-order valence-electron chi connectivity index (χ2n) is 9.21. The summed E-state index contributed by atoms with van der Waals surface area (Å²) in [6.07, 6.45) is 21.4. The zero-order valence-electron chi connectivity index (χ0n) is 15.2. The number of rotatable bonds is 2. The van der Waals surface area contributed by atoms with Gasteiger partial charge in [0.1, 0.15) is 0 Å². The van der Waals surface area contributed by atoms with E-state index in [1.54, 1.807) is 11.1 Å². The Bertz CT molecular complexity index is 663. The molecule has 0 heterocycles. The van der Waals surface area contributed by atoms with Crippen LogP contribution < -0.4 is 0 Å². The molecule has 0 fully saturated rings. The molecule has 1 heteroatoms. The van der Waals surface area contributed by atoms with E-state index < -0.39 is 18.3 Å². The van der Waals surface area contributed by atoms with Crippen molar-refractivity contribution in [2.24, 2.45) is 0 Å². The Balaban J connectivity index is 1.81. The van der Waals surface area contributed by atoms with Crippen LogP contribution in [0.5, 0.6) is 0 Å². The van der Waals surface area contributed by atoms with E-state index in [9.17, 15) is 0 Å². The zero-order valence-corrected chi connectivity index (χ0v) is 17.7. The molecule has 4 rings (SSSR count). The molecule has 0 aromatic carbocycles. The van der Waals surface area contributed by atoms with Crippen molar-refractivity contribution in [2.45, 2.75) is 74.8 Å². The Kier molecular flexibility index (Phi) is 3.96. The van der Waals surface area contributed by atoms with Crippen LogP contribution in [0.1, 0.15) is 58.3 Å². The van der Waals surface area contributed by atoms with Crippen molar-refractivity contribution in [3.8, 4) is 0 Å². The molecule has 4 aliphatic rings. The van der Waals surface area contributed by atoms with E-state index in [-0.39, 0.29) is 0 Å². The molecule has 0 aromatic heterocycles. The topological polar surface area (TPSA) is 0 Å². The molecule has 0 aromatic rings. The molecule has 2 unspecified atom stereocenters. The zero-order chi connectivity index (χ0) is 16.1. The van der Waals surface area contributed by atoms with E-state index in [1.165, 1.54) is 51.4 Å². The predicted octanol–water partition coefficient (Wildman–Crippen LogP) is 7.05. The summed E-state index contributed by atoms with van der Waals surface area (Å²) < 4.78 is 9.83. The standard InChI is InChI=1S/2C9H11.C2H4.2CH3.Zr/c2*1-2-5-9-7-3-6-8(9)4-1;1-2;;;/h2*3,6-7H,1-2,4-5H2;1H,2H3;2*1H3;. The van der Waals surface area contributed by atoms with Crippen LogP contribution >= 0.6 is 0 Å². The van der Waals surface area contributed by atoms with Gasteiger partial charge in [-0.3, -0.25) is 0 Å². The summed E-state index contributed by atoms with van der Waals surface area (Å²) in [5, 5.41) is 0. The van der Waals surface area contributed by atoms with E-state index in [2.05, 4.69) is 44.2 Å². The Morgan fingerprint density at radius 3 is 1.65 bits per heavy atom. The molecule has 0 radical (unpaired) electrons. The fraction of sp³-hybridized carbons (Fsp3) is 0.591. The third-order valence-corrected chi connectivity index (χ3v) is 24.5. The maximum absolute atomic E-state index is 3.06. The minimum absolute atomic E-state index is 0.792. The summed E-state index contributed by atoms with van der Waals surface area (Å²) in [4.78, 5) is 0. The van der Waals surface area contributed by atoms with E-state index in [0.29, 0.717) is 0 Å². The van der Waals surface area contributed by atoms with Gasteiger partial charge >= 0.3 is 143 Å². The Morgan fingerprint density at radius 2 is 1.22 bits per heavy atom. The maximum atomic E-state index is 2.75. The Morgan fingerprint density at radius 1 is 0.783 bits per heavy atom. The molecule has 0 bridgehead atoms. The molecule has 0 amide bonds. The molecule has 23 heavy (non-hydrogen) atoms. The summed E-state index contributed by atoms with van der Waals surface area (Å²) in [6.45, 7) is 2.40. The van der Waals surface area contributed by atoms with Crippen molar-refractivity contribution in [3.05, 3.63) is 46.6 Å². The van der Waals surface area contributed by atoms with Crippen molar-refractivity contribution >= 4 is 3.71 Å². The Hall–Kier alpha value is -0.287. The van der Waals surface area contributed by atoms with Gasteiger partial charge in [-0.25, -0.2) is 0 Å². The molecule has 0 N–H and O–H groups in total. The van der Waals surface area contributed by atoms with Gasteiger partial charge in [-0.15, -0.1) is 0 Å². The first kappa shape index (κ1) is 16.2. The van der Waals surface area contributed by atoms with Crippen LogP contribution in [0.2, 0.25) is 16.5 Å². The first-order valence-corrected chi connectivity index (χ1v) is 19.0. The van der Waals surface area contributed by atoms with Gasteiger partial charge in [0.2, 0.25) is 0 Å². The van der Waals surface area contributed by atoms with Gasteiger partial charge < -0.3 is 0 Å². The number of allylic oxidation sites excluding steroid dienone is 8. The van der Waals surface area contributed by atoms with Crippen LogP contribution in [-0.4, -0.2) is 3.71 Å². The van der Waals surface area contributed by atoms with Gasteiger partial charge in [0.25, 0.3) is 0 Å². The van der Waals surface area contributed by atoms with Crippen molar-refractivity contribution in [1.29, 1.82) is 0 Å². The molecule has 0 nitrogen and oxygen atoms in total. The van der Waals surface area contributed by atoms with Crippen LogP contribution in [0.3, 0.4) is 0 Å². The summed E-state index contributed by atoms with van der Waals surface area (Å²) in [7, 11) is 0. The Labute approximate surface area is 143 Å². The molecule has 0 saturated carbocycles. The SMILES string of the molecule is C[CH]=[Zr]([CH3])([CH3])([CH]1C=CC2=C1CCCC2)[CH]1C=CC2=C1CCCC2. The van der Waals surface area contributed by atoms with Crippen LogP contribution in [0.25, 0.3) is 0 Å². The van der Waals surface area contributed by atoms with Crippen LogP contribution in [0, 0.1) is 0 Å². The quantitative estimate of drug-likeness (QED) is 0.476. The van der Waals surface area contributed by atoms with Gasteiger partial charge in [0.15, 0.2) is 0 Å². The van der Waals surface area contributed by atoms with Gasteiger partial charge in [-0.05, 0) is 0 Å². The molecule has 4 aliphatic carbocycles. The van der Waals surface area contributed by atoms with E-state index in [0.717, 1.165) is 7.25 Å². The molecule has 0 saturated heterocycles. The first-order chi connectivity index (χ1) is 11.0. The van der Waals surface area contributed by atoms with E-state index >= 15 is 0 Å². The fourth-order valence-corrected chi connectivity index (χ4v) is 19.1. The van der Waals surface area contributed by atoms with Gasteiger partial charge in [0, 0.05) is 0 Å². The van der Waals surface area contributed by atoms with Gasteiger partial charge in [0.05, 0.1) is 0 Å². The van der Waals surface area contributed by atoms with Crippen molar-refractivity contribution in [2.75, 3.05) is 0 Å². The minimum atomic E-state index is -3.06. The normalized spacial score (nSPS) is 30.8. The van der Waals surface area contributed by atoms with Gasteiger partial charge in [-0.1, -0.05) is 0 Å². The summed E-state index contributed by atoms with van der Waals surface area (Å²) in [5.41, 5.74) is 7.13. The summed E-state index contributed by atoms with van der Waals surface area (Å²) in [6, 6.07) is 0. The molecule has 0 aliphatic heterocycles. The average Bonchev–Trinajstić information content (AvgIpc) is 3.20. The summed E-state index contributed by atoms with van der Waals surface area (Å²) in [5.74, 6) is 0. The molecule has 2 atom stereocenters. The van der Waals surface area contributed by atoms with Gasteiger partial charge in [-0.2, -0.15) is 0 Å². The van der Waals surface area contributed by atoms with E-state index in [1.807, 2.05) is 11.1 Å². The molecular formula is C22H32Zr. The molecule has 0 spiro atoms. The van der Waals surface area contributed by atoms with Crippen molar-refractivity contribution < 1.29 is 18.3 Å². The number of hydrogen-bond donors (Lipinski definition) is 0. The van der Waals surface area contributed by atoms with Crippen molar-refractivity contribution in [3.63, 3.8) is 0 Å². The monoisotopic (exact) mass is 386 g/mol. The summed E-state index contributed by atoms with van der Waals surface area (Å²) >= 11 is -3.06. The first-order valence-electron chi connectivity index (χ1n) is 9.85.